The van der Waals surface area contributed by atoms with Crippen LogP contribution in [0.15, 0.2) is 66.3 Å². The smallest absolute Gasteiger partial charge is 0.226 e. The average molecular weight is 433 g/mol. The first kappa shape index (κ1) is 20.8. The maximum Gasteiger partial charge on any atom is 0.226 e. The molecule has 0 saturated carbocycles. The molecule has 2 heterocycles. The summed E-state index contributed by atoms with van der Waals surface area (Å²) in [4.78, 5) is 22.0. The summed E-state index contributed by atoms with van der Waals surface area (Å²) in [7, 11) is 3.55. The molecule has 1 amide bonds. The third-order valence-corrected chi connectivity index (χ3v) is 5.97. The highest BCUT2D eigenvalue weighted by Crippen LogP contribution is 2.26. The Hall–Kier alpha value is -3.45. The van der Waals surface area contributed by atoms with Crippen LogP contribution in [0.2, 0.25) is 0 Å². The highest BCUT2D eigenvalue weighted by atomic mass is 32.1. The number of carbonyl (C=O) groups is 1. The second-order valence-corrected chi connectivity index (χ2v) is 8.22. The van der Waals surface area contributed by atoms with Gasteiger partial charge in [0.25, 0.3) is 0 Å². The highest BCUT2D eigenvalue weighted by molar-refractivity contribution is 7.13. The average Bonchev–Trinajstić information content (AvgIpc) is 3.41. The first-order valence-corrected chi connectivity index (χ1v) is 10.8. The van der Waals surface area contributed by atoms with Gasteiger partial charge in [-0.25, -0.2) is 9.97 Å². The molecule has 2 aromatic carbocycles. The van der Waals surface area contributed by atoms with E-state index in [1.807, 2.05) is 59.6 Å². The van der Waals surface area contributed by atoms with Crippen LogP contribution in [0.5, 0.6) is 5.75 Å². The molecule has 0 bridgehead atoms. The monoisotopic (exact) mass is 432 g/mol. The van der Waals surface area contributed by atoms with Crippen molar-refractivity contribution < 1.29 is 9.53 Å². The Labute approximate surface area is 185 Å². The lowest BCUT2D eigenvalue weighted by molar-refractivity contribution is -0.121. The van der Waals surface area contributed by atoms with E-state index in [9.17, 15) is 4.79 Å². The summed E-state index contributed by atoms with van der Waals surface area (Å²) in [5.41, 5.74) is 3.94. The van der Waals surface area contributed by atoms with Crippen LogP contribution in [-0.2, 0) is 18.3 Å². The Balaban J connectivity index is 1.52. The fourth-order valence-electron chi connectivity index (χ4n) is 3.42. The van der Waals surface area contributed by atoms with Crippen molar-refractivity contribution in [3.05, 3.63) is 88.9 Å². The van der Waals surface area contributed by atoms with Crippen LogP contribution in [0.1, 0.15) is 28.7 Å². The largest absolute Gasteiger partial charge is 0.497 e. The van der Waals surface area contributed by atoms with E-state index in [4.69, 9.17) is 4.74 Å². The molecule has 31 heavy (non-hydrogen) atoms. The number of amides is 1. The minimum Gasteiger partial charge on any atom is -0.497 e. The number of imidazole rings is 1. The van der Waals surface area contributed by atoms with Gasteiger partial charge < -0.3 is 14.6 Å². The number of nitrogens with one attached hydrogen (secondary N) is 1. The first-order chi connectivity index (χ1) is 15.0. The molecule has 4 aromatic rings. The number of hydrogen-bond donors (Lipinski definition) is 1. The molecule has 1 N–H and O–H groups in total. The molecule has 1 atom stereocenters. The summed E-state index contributed by atoms with van der Waals surface area (Å²) in [6, 6.07) is 15.5. The van der Waals surface area contributed by atoms with E-state index in [0.717, 1.165) is 33.4 Å². The van der Waals surface area contributed by atoms with Gasteiger partial charge in [-0.05, 0) is 30.7 Å². The van der Waals surface area contributed by atoms with Crippen LogP contribution in [0, 0.1) is 6.92 Å². The number of methoxy groups -OCH3 is 1. The molecule has 1 unspecified atom stereocenters. The molecule has 0 fully saturated rings. The number of benzene rings is 2. The third-order valence-electron chi connectivity index (χ3n) is 5.03. The first-order valence-electron chi connectivity index (χ1n) is 9.95. The van der Waals surface area contributed by atoms with Crippen LogP contribution in [0.3, 0.4) is 0 Å². The van der Waals surface area contributed by atoms with E-state index < -0.39 is 0 Å². The second kappa shape index (κ2) is 9.14. The Kier molecular flexibility index (Phi) is 6.13. The fraction of sp³-hybridized carbons (Fsp3) is 0.208. The van der Waals surface area contributed by atoms with E-state index >= 15 is 0 Å². The number of hydrogen-bond acceptors (Lipinski definition) is 5. The number of nitrogens with zero attached hydrogens (tertiary/aromatic N) is 3. The van der Waals surface area contributed by atoms with Gasteiger partial charge in [0.05, 0.1) is 19.2 Å². The van der Waals surface area contributed by atoms with Gasteiger partial charge in [0.1, 0.15) is 22.6 Å². The minimum absolute atomic E-state index is 0.107. The molecular weight excluding hydrogens is 408 g/mol. The van der Waals surface area contributed by atoms with Gasteiger partial charge in [0.2, 0.25) is 5.91 Å². The van der Waals surface area contributed by atoms with E-state index in [1.165, 1.54) is 5.56 Å². The van der Waals surface area contributed by atoms with Crippen molar-refractivity contribution in [2.75, 3.05) is 7.11 Å². The van der Waals surface area contributed by atoms with Gasteiger partial charge in [-0.15, -0.1) is 11.3 Å². The molecule has 158 valence electrons. The fourth-order valence-corrected chi connectivity index (χ4v) is 4.24. The van der Waals surface area contributed by atoms with Gasteiger partial charge in [0.15, 0.2) is 0 Å². The molecule has 2 aromatic heterocycles. The maximum atomic E-state index is 12.9. The van der Waals surface area contributed by atoms with Crippen LogP contribution in [-0.4, -0.2) is 27.6 Å². The third kappa shape index (κ3) is 4.83. The summed E-state index contributed by atoms with van der Waals surface area (Å²) < 4.78 is 7.16. The van der Waals surface area contributed by atoms with Crippen LogP contribution in [0.4, 0.5) is 0 Å². The molecule has 0 aliphatic heterocycles. The SMILES string of the molecule is COc1ccc(C(NC(=O)Cc2csc(-c3cccc(C)c3)n2)c2nccn2C)cc1. The lowest BCUT2D eigenvalue weighted by Gasteiger charge is -2.19. The molecule has 6 nitrogen and oxygen atoms in total. The van der Waals surface area contributed by atoms with Crippen molar-refractivity contribution in [3.8, 4) is 16.3 Å². The number of carbonyl (C=O) groups excluding carboxylic acids is 1. The van der Waals surface area contributed by atoms with Crippen molar-refractivity contribution >= 4 is 17.2 Å². The number of thiazole rings is 1. The van der Waals surface area contributed by atoms with E-state index in [-0.39, 0.29) is 18.4 Å². The molecular formula is C24H24N4O2S. The summed E-state index contributed by atoms with van der Waals surface area (Å²) >= 11 is 1.55. The number of rotatable bonds is 7. The standard InChI is InChI=1S/C24H24N4O2S/c1-16-5-4-6-18(13-16)24-26-19(15-31-24)14-21(29)27-22(23-25-11-12-28(23)2)17-7-9-20(30-3)10-8-17/h4-13,15,22H,14H2,1-3H3,(H,27,29). The lowest BCUT2D eigenvalue weighted by atomic mass is 10.1. The number of aryl methyl sites for hydroxylation is 2. The summed E-state index contributed by atoms with van der Waals surface area (Å²) in [6.45, 7) is 2.06. The molecule has 7 heteroatoms. The predicted octanol–water partition coefficient (Wildman–Crippen LogP) is 4.31. The Morgan fingerprint density at radius 2 is 2.03 bits per heavy atom. The molecule has 0 saturated heterocycles. The Bertz CT molecular complexity index is 1180. The second-order valence-electron chi connectivity index (χ2n) is 7.36. The van der Waals surface area contributed by atoms with Crippen LogP contribution in [0.25, 0.3) is 10.6 Å². The zero-order valence-corrected chi connectivity index (χ0v) is 18.5. The Morgan fingerprint density at radius 1 is 1.23 bits per heavy atom. The minimum atomic E-state index is -0.367. The quantitative estimate of drug-likeness (QED) is 0.473. The molecule has 0 radical (unpaired) electrons. The van der Waals surface area contributed by atoms with Crippen molar-refractivity contribution in [2.45, 2.75) is 19.4 Å². The van der Waals surface area contributed by atoms with Crippen molar-refractivity contribution in [1.29, 1.82) is 0 Å². The summed E-state index contributed by atoms with van der Waals surface area (Å²) in [5.74, 6) is 1.42. The number of ether oxygens (including phenoxy) is 1. The van der Waals surface area contributed by atoms with E-state index in [1.54, 1.807) is 24.6 Å². The normalized spacial score (nSPS) is 11.8. The van der Waals surface area contributed by atoms with Crippen molar-refractivity contribution in [1.82, 2.24) is 19.9 Å². The van der Waals surface area contributed by atoms with Gasteiger partial charge in [0, 0.05) is 30.4 Å². The summed E-state index contributed by atoms with van der Waals surface area (Å²) in [5, 5.41) is 5.99. The zero-order valence-electron chi connectivity index (χ0n) is 17.7. The van der Waals surface area contributed by atoms with E-state index in [0.29, 0.717) is 0 Å². The van der Waals surface area contributed by atoms with Gasteiger partial charge in [-0.3, -0.25) is 4.79 Å². The molecule has 4 rings (SSSR count). The molecule has 0 spiro atoms. The van der Waals surface area contributed by atoms with Gasteiger partial charge >= 0.3 is 0 Å². The van der Waals surface area contributed by atoms with Crippen molar-refractivity contribution in [3.63, 3.8) is 0 Å². The van der Waals surface area contributed by atoms with Crippen molar-refractivity contribution in [2.24, 2.45) is 7.05 Å². The topological polar surface area (TPSA) is 69.0 Å². The molecule has 0 aliphatic rings. The number of aromatic nitrogens is 3. The van der Waals surface area contributed by atoms with Gasteiger partial charge in [-0.2, -0.15) is 0 Å². The van der Waals surface area contributed by atoms with E-state index in [2.05, 4.69) is 34.3 Å². The van der Waals surface area contributed by atoms with Crippen LogP contribution < -0.4 is 10.1 Å². The van der Waals surface area contributed by atoms with Gasteiger partial charge in [-0.1, -0.05) is 35.9 Å². The maximum absolute atomic E-state index is 12.9. The molecule has 0 aliphatic carbocycles. The lowest BCUT2D eigenvalue weighted by Crippen LogP contribution is -2.32. The Morgan fingerprint density at radius 3 is 2.71 bits per heavy atom. The predicted molar refractivity (Wildman–Crippen MR) is 122 cm³/mol. The zero-order chi connectivity index (χ0) is 21.8. The summed E-state index contributed by atoms with van der Waals surface area (Å²) in [6.07, 6.45) is 3.80. The van der Waals surface area contributed by atoms with Crippen LogP contribution >= 0.6 is 11.3 Å². The highest BCUT2D eigenvalue weighted by Gasteiger charge is 2.21.